The number of rotatable bonds is 6. The monoisotopic (exact) mass is 406 g/mol. The van der Waals surface area contributed by atoms with E-state index < -0.39 is 0 Å². The molecule has 7 heteroatoms. The number of carbonyl (C=O) groups is 1. The van der Waals surface area contributed by atoms with E-state index in [0.29, 0.717) is 18.2 Å². The Balaban J connectivity index is 1.43. The standard InChI is InChI=1S/C23H26N4O3/c1-27-12-4-6-18(22(27)16-7-9-19(29-2)10-8-16)15-25-23(28)20-13-21(30-26-20)17-5-3-11-24-14-17/h3,5,7-11,13-14,18,22H,4,6,12,15H2,1-2H3,(H,25,28). The van der Waals surface area contributed by atoms with Crippen LogP contribution in [-0.4, -0.2) is 48.2 Å². The number of aromatic nitrogens is 2. The lowest BCUT2D eigenvalue weighted by Crippen LogP contribution is -2.41. The summed E-state index contributed by atoms with van der Waals surface area (Å²) in [6, 6.07) is 13.8. The van der Waals surface area contributed by atoms with E-state index in [-0.39, 0.29) is 17.6 Å². The molecular weight excluding hydrogens is 380 g/mol. The van der Waals surface area contributed by atoms with Crippen LogP contribution in [0.15, 0.2) is 59.4 Å². The number of hydrogen-bond donors (Lipinski definition) is 1. The lowest BCUT2D eigenvalue weighted by atomic mass is 9.85. The highest BCUT2D eigenvalue weighted by Crippen LogP contribution is 2.35. The third-order valence-electron chi connectivity index (χ3n) is 5.68. The maximum absolute atomic E-state index is 12.7. The molecule has 2 unspecified atom stereocenters. The first kappa shape index (κ1) is 20.1. The van der Waals surface area contributed by atoms with Gasteiger partial charge in [-0.1, -0.05) is 17.3 Å². The Kier molecular flexibility index (Phi) is 6.09. The van der Waals surface area contributed by atoms with Gasteiger partial charge in [0.2, 0.25) is 0 Å². The second-order valence-corrected chi connectivity index (χ2v) is 7.63. The fourth-order valence-electron chi connectivity index (χ4n) is 4.14. The van der Waals surface area contributed by atoms with Crippen molar-refractivity contribution < 1.29 is 14.1 Å². The van der Waals surface area contributed by atoms with Gasteiger partial charge in [-0.2, -0.15) is 0 Å². The average molecular weight is 406 g/mol. The lowest BCUT2D eigenvalue weighted by Gasteiger charge is -2.39. The van der Waals surface area contributed by atoms with Gasteiger partial charge in [0.05, 0.1) is 7.11 Å². The summed E-state index contributed by atoms with van der Waals surface area (Å²) >= 11 is 0. The van der Waals surface area contributed by atoms with Crippen LogP contribution >= 0.6 is 0 Å². The molecule has 4 rings (SSSR count). The molecule has 3 heterocycles. The quantitative estimate of drug-likeness (QED) is 0.674. The van der Waals surface area contributed by atoms with E-state index in [1.54, 1.807) is 25.6 Å². The Morgan fingerprint density at radius 1 is 1.30 bits per heavy atom. The molecule has 7 nitrogen and oxygen atoms in total. The van der Waals surface area contributed by atoms with Crippen molar-refractivity contribution in [1.82, 2.24) is 20.4 Å². The summed E-state index contributed by atoms with van der Waals surface area (Å²) in [4.78, 5) is 19.1. The fourth-order valence-corrected chi connectivity index (χ4v) is 4.14. The minimum absolute atomic E-state index is 0.226. The van der Waals surface area contributed by atoms with Gasteiger partial charge in [0, 0.05) is 36.6 Å². The molecule has 1 aliphatic rings. The van der Waals surface area contributed by atoms with E-state index in [1.807, 2.05) is 24.3 Å². The summed E-state index contributed by atoms with van der Waals surface area (Å²) in [5, 5.41) is 6.98. The van der Waals surface area contributed by atoms with Gasteiger partial charge in [0.25, 0.3) is 5.91 Å². The number of nitrogens with one attached hydrogen (secondary N) is 1. The maximum Gasteiger partial charge on any atom is 0.273 e. The number of carbonyl (C=O) groups excluding carboxylic acids is 1. The van der Waals surface area contributed by atoms with Crippen LogP contribution in [0, 0.1) is 5.92 Å². The summed E-state index contributed by atoms with van der Waals surface area (Å²) in [5.41, 5.74) is 2.30. The predicted octanol–water partition coefficient (Wildman–Crippen LogP) is 3.56. The predicted molar refractivity (Wildman–Crippen MR) is 113 cm³/mol. The largest absolute Gasteiger partial charge is 0.497 e. The molecule has 0 radical (unpaired) electrons. The molecule has 30 heavy (non-hydrogen) atoms. The van der Waals surface area contributed by atoms with E-state index in [9.17, 15) is 4.79 Å². The van der Waals surface area contributed by atoms with Crippen LogP contribution in [0.5, 0.6) is 5.75 Å². The van der Waals surface area contributed by atoms with Crippen LogP contribution < -0.4 is 10.1 Å². The smallest absolute Gasteiger partial charge is 0.273 e. The normalized spacial score (nSPS) is 19.4. The van der Waals surface area contributed by atoms with Crippen molar-refractivity contribution in [3.05, 3.63) is 66.1 Å². The van der Waals surface area contributed by atoms with Crippen LogP contribution in [-0.2, 0) is 0 Å². The fraction of sp³-hybridized carbons (Fsp3) is 0.348. The second kappa shape index (κ2) is 9.09. The molecule has 0 saturated carbocycles. The van der Waals surface area contributed by atoms with Crippen molar-refractivity contribution in [2.24, 2.45) is 5.92 Å². The van der Waals surface area contributed by atoms with E-state index in [0.717, 1.165) is 30.7 Å². The molecule has 0 aliphatic carbocycles. The first-order chi connectivity index (χ1) is 14.7. The molecule has 1 amide bonds. The molecule has 0 spiro atoms. The van der Waals surface area contributed by atoms with Gasteiger partial charge < -0.3 is 14.6 Å². The van der Waals surface area contributed by atoms with Crippen LogP contribution in [0.3, 0.4) is 0 Å². The average Bonchev–Trinajstić information content (AvgIpc) is 3.29. The van der Waals surface area contributed by atoms with Crippen molar-refractivity contribution in [3.63, 3.8) is 0 Å². The van der Waals surface area contributed by atoms with E-state index in [1.165, 1.54) is 5.56 Å². The van der Waals surface area contributed by atoms with Crippen molar-refractivity contribution >= 4 is 5.91 Å². The van der Waals surface area contributed by atoms with Gasteiger partial charge in [0.15, 0.2) is 11.5 Å². The van der Waals surface area contributed by atoms with Gasteiger partial charge in [0.1, 0.15) is 5.75 Å². The van der Waals surface area contributed by atoms with Crippen LogP contribution in [0.1, 0.15) is 34.9 Å². The third-order valence-corrected chi connectivity index (χ3v) is 5.68. The van der Waals surface area contributed by atoms with Crippen LogP contribution in [0.2, 0.25) is 0 Å². The number of nitrogens with zero attached hydrogens (tertiary/aromatic N) is 3. The van der Waals surface area contributed by atoms with Gasteiger partial charge in [-0.25, -0.2) is 0 Å². The molecule has 3 aromatic rings. The molecule has 156 valence electrons. The zero-order chi connectivity index (χ0) is 20.9. The molecule has 2 aromatic heterocycles. The van der Waals surface area contributed by atoms with E-state index in [4.69, 9.17) is 9.26 Å². The van der Waals surface area contributed by atoms with Crippen molar-refractivity contribution in [3.8, 4) is 17.1 Å². The number of piperidine rings is 1. The van der Waals surface area contributed by atoms with E-state index in [2.05, 4.69) is 39.5 Å². The highest BCUT2D eigenvalue weighted by atomic mass is 16.5. The lowest BCUT2D eigenvalue weighted by molar-refractivity contribution is 0.0883. The number of hydrogen-bond acceptors (Lipinski definition) is 6. The Hall–Kier alpha value is -3.19. The van der Waals surface area contributed by atoms with Gasteiger partial charge in [-0.05, 0) is 62.2 Å². The zero-order valence-electron chi connectivity index (χ0n) is 17.2. The second-order valence-electron chi connectivity index (χ2n) is 7.63. The van der Waals surface area contributed by atoms with E-state index >= 15 is 0 Å². The Bertz CT molecular complexity index is 972. The number of ether oxygens (including phenoxy) is 1. The van der Waals surface area contributed by atoms with Crippen molar-refractivity contribution in [1.29, 1.82) is 0 Å². The minimum atomic E-state index is -0.226. The zero-order valence-corrected chi connectivity index (χ0v) is 17.2. The van der Waals surface area contributed by atoms with Crippen LogP contribution in [0.25, 0.3) is 11.3 Å². The number of pyridine rings is 1. The first-order valence-electron chi connectivity index (χ1n) is 10.1. The van der Waals surface area contributed by atoms with Gasteiger partial charge in [-0.3, -0.25) is 14.7 Å². The summed E-state index contributed by atoms with van der Waals surface area (Å²) in [7, 11) is 3.81. The molecule has 1 fully saturated rings. The number of amides is 1. The summed E-state index contributed by atoms with van der Waals surface area (Å²) in [5.74, 6) is 1.46. The third kappa shape index (κ3) is 4.36. The van der Waals surface area contributed by atoms with Crippen molar-refractivity contribution in [2.45, 2.75) is 18.9 Å². The summed E-state index contributed by atoms with van der Waals surface area (Å²) in [6.45, 7) is 1.62. The van der Waals surface area contributed by atoms with Gasteiger partial charge in [-0.15, -0.1) is 0 Å². The molecule has 2 atom stereocenters. The molecular formula is C23H26N4O3. The summed E-state index contributed by atoms with van der Waals surface area (Å²) in [6.07, 6.45) is 5.54. The van der Waals surface area contributed by atoms with Crippen LogP contribution in [0.4, 0.5) is 0 Å². The first-order valence-corrected chi connectivity index (χ1v) is 10.1. The SMILES string of the molecule is COc1ccc(C2C(CNC(=O)c3cc(-c4cccnc4)on3)CCCN2C)cc1. The van der Waals surface area contributed by atoms with Gasteiger partial charge >= 0.3 is 0 Å². The minimum Gasteiger partial charge on any atom is -0.497 e. The topological polar surface area (TPSA) is 80.5 Å². The Morgan fingerprint density at radius 3 is 2.87 bits per heavy atom. The Labute approximate surface area is 176 Å². The molecule has 1 saturated heterocycles. The molecule has 0 bridgehead atoms. The number of benzene rings is 1. The van der Waals surface area contributed by atoms with Crippen molar-refractivity contribution in [2.75, 3.05) is 27.2 Å². The highest BCUT2D eigenvalue weighted by Gasteiger charge is 2.31. The highest BCUT2D eigenvalue weighted by molar-refractivity contribution is 5.93. The summed E-state index contributed by atoms with van der Waals surface area (Å²) < 4.78 is 10.6. The molecule has 1 aliphatic heterocycles. The number of methoxy groups -OCH3 is 1. The Morgan fingerprint density at radius 2 is 2.13 bits per heavy atom. The number of likely N-dealkylation sites (tertiary alicyclic amines) is 1. The maximum atomic E-state index is 12.7. The molecule has 1 aromatic carbocycles. The molecule has 1 N–H and O–H groups in total.